The standard InChI is InChI=1S/C16H20F2N2O3/c1-10(11-4-6-19-7-5-11)8-15(21)20-12-2-3-13-14(9-12)23-16(17,18)22-13/h2-3,9-11,19H,4-8H2,1H3,(H,20,21). The number of ether oxygens (including phenoxy) is 2. The van der Waals surface area contributed by atoms with E-state index in [1.54, 1.807) is 0 Å². The molecule has 1 fully saturated rings. The van der Waals surface area contributed by atoms with Gasteiger partial charge in [-0.1, -0.05) is 6.92 Å². The second kappa shape index (κ2) is 6.31. The van der Waals surface area contributed by atoms with Gasteiger partial charge in [0.15, 0.2) is 11.5 Å². The van der Waals surface area contributed by atoms with Crippen LogP contribution in [0, 0.1) is 11.8 Å². The number of hydrogen-bond donors (Lipinski definition) is 2. The average molecular weight is 326 g/mol. The van der Waals surface area contributed by atoms with Crippen molar-refractivity contribution in [2.24, 2.45) is 11.8 Å². The average Bonchev–Trinajstić information content (AvgIpc) is 2.81. The molecule has 0 spiro atoms. The maximum absolute atomic E-state index is 13.0. The third-order valence-corrected chi connectivity index (χ3v) is 4.38. The van der Waals surface area contributed by atoms with E-state index in [4.69, 9.17) is 0 Å². The second-order valence-electron chi connectivity index (χ2n) is 6.15. The smallest absolute Gasteiger partial charge is 0.395 e. The number of nitrogens with one attached hydrogen (secondary N) is 2. The highest BCUT2D eigenvalue weighted by Crippen LogP contribution is 2.42. The summed E-state index contributed by atoms with van der Waals surface area (Å²) in [5, 5.41) is 6.04. The highest BCUT2D eigenvalue weighted by Gasteiger charge is 2.43. The van der Waals surface area contributed by atoms with E-state index in [9.17, 15) is 13.6 Å². The largest absolute Gasteiger partial charge is 0.586 e. The van der Waals surface area contributed by atoms with Gasteiger partial charge in [-0.15, -0.1) is 8.78 Å². The lowest BCUT2D eigenvalue weighted by Gasteiger charge is -2.27. The first kappa shape index (κ1) is 16.0. The van der Waals surface area contributed by atoms with E-state index in [1.807, 2.05) is 0 Å². The van der Waals surface area contributed by atoms with Crippen LogP contribution < -0.4 is 20.1 Å². The zero-order valence-corrected chi connectivity index (χ0v) is 12.9. The normalized spacial score (nSPS) is 21.0. The number of fused-ring (bicyclic) bond motifs is 1. The van der Waals surface area contributed by atoms with Crippen LogP contribution in [0.1, 0.15) is 26.2 Å². The Morgan fingerprint density at radius 1 is 1.35 bits per heavy atom. The molecule has 1 unspecified atom stereocenters. The molecule has 1 saturated heterocycles. The first-order valence-electron chi connectivity index (χ1n) is 7.83. The van der Waals surface area contributed by atoms with Crippen molar-refractivity contribution in [2.75, 3.05) is 18.4 Å². The number of alkyl halides is 2. The van der Waals surface area contributed by atoms with Crippen LogP contribution in [0.3, 0.4) is 0 Å². The predicted octanol–water partition coefficient (Wildman–Crippen LogP) is 2.97. The van der Waals surface area contributed by atoms with Crippen molar-refractivity contribution in [1.29, 1.82) is 0 Å². The van der Waals surface area contributed by atoms with Gasteiger partial charge in [-0.2, -0.15) is 0 Å². The number of carbonyl (C=O) groups excluding carboxylic acids is 1. The summed E-state index contributed by atoms with van der Waals surface area (Å²) in [5.74, 6) is 0.602. The van der Waals surface area contributed by atoms with Crippen LogP contribution in [0.5, 0.6) is 11.5 Å². The zero-order chi connectivity index (χ0) is 16.4. The molecule has 1 aromatic rings. The lowest BCUT2D eigenvalue weighted by molar-refractivity contribution is -0.286. The van der Waals surface area contributed by atoms with Gasteiger partial charge in [0.1, 0.15) is 0 Å². The molecule has 3 rings (SSSR count). The Labute approximate surface area is 133 Å². The van der Waals surface area contributed by atoms with Gasteiger partial charge in [-0.3, -0.25) is 4.79 Å². The number of anilines is 1. The highest BCUT2D eigenvalue weighted by molar-refractivity contribution is 5.91. The van der Waals surface area contributed by atoms with Gasteiger partial charge >= 0.3 is 6.29 Å². The third-order valence-electron chi connectivity index (χ3n) is 4.38. The molecule has 126 valence electrons. The van der Waals surface area contributed by atoms with Crippen LogP contribution in [0.2, 0.25) is 0 Å². The minimum absolute atomic E-state index is 0.0314. The molecule has 1 atom stereocenters. The monoisotopic (exact) mass is 326 g/mol. The maximum atomic E-state index is 13.0. The van der Waals surface area contributed by atoms with Crippen LogP contribution in [0.25, 0.3) is 0 Å². The Kier molecular flexibility index (Phi) is 4.39. The molecule has 2 aliphatic heterocycles. The molecule has 0 radical (unpaired) electrons. The van der Waals surface area contributed by atoms with Crippen LogP contribution in [0.4, 0.5) is 14.5 Å². The maximum Gasteiger partial charge on any atom is 0.586 e. The van der Waals surface area contributed by atoms with E-state index < -0.39 is 6.29 Å². The first-order valence-corrected chi connectivity index (χ1v) is 7.83. The number of piperidine rings is 1. The number of halogens is 2. The van der Waals surface area contributed by atoms with Gasteiger partial charge in [0.2, 0.25) is 5.91 Å². The molecular weight excluding hydrogens is 306 g/mol. The van der Waals surface area contributed by atoms with Crippen LogP contribution in [-0.2, 0) is 4.79 Å². The molecule has 2 N–H and O–H groups in total. The molecular formula is C16H20F2N2O3. The van der Waals surface area contributed by atoms with Gasteiger partial charge in [0.05, 0.1) is 0 Å². The predicted molar refractivity (Wildman–Crippen MR) is 80.6 cm³/mol. The fourth-order valence-electron chi connectivity index (χ4n) is 3.11. The van der Waals surface area contributed by atoms with Gasteiger partial charge in [-0.25, -0.2) is 0 Å². The van der Waals surface area contributed by atoms with Gasteiger partial charge < -0.3 is 20.1 Å². The summed E-state index contributed by atoms with van der Waals surface area (Å²) < 4.78 is 34.6. The van der Waals surface area contributed by atoms with Gasteiger partial charge in [-0.05, 0) is 49.9 Å². The lowest BCUT2D eigenvalue weighted by Crippen LogP contribution is -2.32. The Morgan fingerprint density at radius 2 is 2.04 bits per heavy atom. The number of amides is 1. The van der Waals surface area contributed by atoms with Crippen molar-refractivity contribution in [3.05, 3.63) is 18.2 Å². The minimum Gasteiger partial charge on any atom is -0.395 e. The zero-order valence-electron chi connectivity index (χ0n) is 12.9. The molecule has 0 aliphatic carbocycles. The van der Waals surface area contributed by atoms with Crippen molar-refractivity contribution in [3.63, 3.8) is 0 Å². The highest BCUT2D eigenvalue weighted by atomic mass is 19.3. The SMILES string of the molecule is CC(CC(=O)Nc1ccc2c(c1)OC(F)(F)O2)C1CCNCC1. The summed E-state index contributed by atoms with van der Waals surface area (Å²) in [6, 6.07) is 4.24. The van der Waals surface area contributed by atoms with Crippen molar-refractivity contribution >= 4 is 11.6 Å². The van der Waals surface area contributed by atoms with Crippen LogP contribution in [-0.4, -0.2) is 25.3 Å². The molecule has 2 aliphatic rings. The van der Waals surface area contributed by atoms with Crippen molar-refractivity contribution in [2.45, 2.75) is 32.5 Å². The number of carbonyl (C=O) groups is 1. The summed E-state index contributed by atoms with van der Waals surface area (Å²) in [4.78, 5) is 12.1. The molecule has 23 heavy (non-hydrogen) atoms. The molecule has 1 aromatic carbocycles. The third kappa shape index (κ3) is 3.90. The molecule has 5 nitrogen and oxygen atoms in total. The van der Waals surface area contributed by atoms with Gasteiger partial charge in [0.25, 0.3) is 0 Å². The fourth-order valence-corrected chi connectivity index (χ4v) is 3.11. The Bertz CT molecular complexity index is 589. The lowest BCUT2D eigenvalue weighted by atomic mass is 9.84. The van der Waals surface area contributed by atoms with Crippen molar-refractivity contribution < 1.29 is 23.0 Å². The molecule has 0 aromatic heterocycles. The van der Waals surface area contributed by atoms with Crippen LogP contribution >= 0.6 is 0 Å². The van der Waals surface area contributed by atoms with E-state index >= 15 is 0 Å². The van der Waals surface area contributed by atoms with Crippen molar-refractivity contribution in [3.8, 4) is 11.5 Å². The van der Waals surface area contributed by atoms with E-state index in [0.29, 0.717) is 18.0 Å². The van der Waals surface area contributed by atoms with Crippen molar-refractivity contribution in [1.82, 2.24) is 5.32 Å². The van der Waals surface area contributed by atoms with Gasteiger partial charge in [0, 0.05) is 18.2 Å². The quantitative estimate of drug-likeness (QED) is 0.893. The molecule has 0 bridgehead atoms. The Morgan fingerprint density at radius 3 is 2.78 bits per heavy atom. The second-order valence-corrected chi connectivity index (χ2v) is 6.15. The topological polar surface area (TPSA) is 59.6 Å². The number of hydrogen-bond acceptors (Lipinski definition) is 4. The summed E-state index contributed by atoms with van der Waals surface area (Å²) in [7, 11) is 0. The molecule has 2 heterocycles. The van der Waals surface area contributed by atoms with Crippen LogP contribution in [0.15, 0.2) is 18.2 Å². The summed E-state index contributed by atoms with van der Waals surface area (Å²) >= 11 is 0. The number of rotatable bonds is 4. The first-order chi connectivity index (χ1) is 10.9. The molecule has 7 heteroatoms. The minimum atomic E-state index is -3.64. The summed E-state index contributed by atoms with van der Waals surface area (Å²) in [6.07, 6.45) is -1.08. The fraction of sp³-hybridized carbons (Fsp3) is 0.562. The summed E-state index contributed by atoms with van der Waals surface area (Å²) in [5.41, 5.74) is 0.424. The van der Waals surface area contributed by atoms with E-state index in [-0.39, 0.29) is 23.3 Å². The Hall–Kier alpha value is -1.89. The number of benzene rings is 1. The molecule has 0 saturated carbocycles. The molecule has 1 amide bonds. The van der Waals surface area contributed by atoms with E-state index in [1.165, 1.54) is 18.2 Å². The van der Waals surface area contributed by atoms with E-state index in [2.05, 4.69) is 27.0 Å². The summed E-state index contributed by atoms with van der Waals surface area (Å²) in [6.45, 7) is 4.07. The van der Waals surface area contributed by atoms with E-state index in [0.717, 1.165) is 25.9 Å². The Balaban J connectivity index is 1.56.